The Morgan fingerprint density at radius 3 is 1.90 bits per heavy atom. The third-order valence-corrected chi connectivity index (χ3v) is 4.71. The average Bonchev–Trinajstić information content (AvgIpc) is 2.41. The Labute approximate surface area is 131 Å². The summed E-state index contributed by atoms with van der Waals surface area (Å²) in [5, 5.41) is 0. The van der Waals surface area contributed by atoms with Crippen LogP contribution in [0.15, 0.2) is 28.7 Å². The smallest absolute Gasteiger partial charge is 0.0497 e. The fraction of sp³-hybridized carbons (Fsp3) is 0.625. The van der Waals surface area contributed by atoms with Crippen LogP contribution in [0.2, 0.25) is 0 Å². The molecule has 1 fully saturated rings. The minimum absolute atomic E-state index is 0.141. The van der Waals surface area contributed by atoms with Gasteiger partial charge in [-0.25, -0.2) is 0 Å². The molecule has 2 N–H and O–H groups in total. The first-order valence-electron chi connectivity index (χ1n) is 7.48. The average molecular weight is 340 g/mol. The van der Waals surface area contributed by atoms with E-state index in [1.165, 1.54) is 5.56 Å². The van der Waals surface area contributed by atoms with Crippen LogP contribution >= 0.6 is 15.9 Å². The Balaban J connectivity index is 2.09. The molecule has 1 aliphatic rings. The van der Waals surface area contributed by atoms with Gasteiger partial charge in [0.15, 0.2) is 0 Å². The standard InChI is InChI=1S/C16H26BrN3/c1-12(2)19-8-10-20(11-9-19)16(13(3)18)14-4-6-15(17)7-5-14/h4-7,12-13,16H,8-11,18H2,1-3H3. The van der Waals surface area contributed by atoms with E-state index in [-0.39, 0.29) is 6.04 Å². The van der Waals surface area contributed by atoms with Gasteiger partial charge in [0.25, 0.3) is 0 Å². The van der Waals surface area contributed by atoms with E-state index in [2.05, 4.69) is 70.8 Å². The molecule has 0 aromatic heterocycles. The van der Waals surface area contributed by atoms with Crippen LogP contribution in [0.5, 0.6) is 0 Å². The fourth-order valence-corrected chi connectivity index (χ4v) is 3.30. The monoisotopic (exact) mass is 339 g/mol. The number of hydrogen-bond acceptors (Lipinski definition) is 3. The molecule has 4 heteroatoms. The molecule has 1 saturated heterocycles. The van der Waals surface area contributed by atoms with E-state index in [4.69, 9.17) is 5.73 Å². The largest absolute Gasteiger partial charge is 0.326 e. The summed E-state index contributed by atoms with van der Waals surface area (Å²) in [6, 6.07) is 9.68. The highest BCUT2D eigenvalue weighted by Crippen LogP contribution is 2.26. The van der Waals surface area contributed by atoms with E-state index in [1.54, 1.807) is 0 Å². The molecule has 112 valence electrons. The van der Waals surface area contributed by atoms with Crippen molar-refractivity contribution in [1.82, 2.24) is 9.80 Å². The topological polar surface area (TPSA) is 32.5 Å². The Bertz CT molecular complexity index is 408. The normalized spacial score (nSPS) is 21.1. The van der Waals surface area contributed by atoms with E-state index in [0.717, 1.165) is 30.7 Å². The summed E-state index contributed by atoms with van der Waals surface area (Å²) in [7, 11) is 0. The molecular weight excluding hydrogens is 314 g/mol. The molecule has 2 unspecified atom stereocenters. The number of rotatable bonds is 4. The van der Waals surface area contributed by atoms with Crippen molar-refractivity contribution in [1.29, 1.82) is 0 Å². The molecule has 1 aromatic carbocycles. The third-order valence-electron chi connectivity index (χ3n) is 4.18. The van der Waals surface area contributed by atoms with E-state index >= 15 is 0 Å². The molecule has 2 rings (SSSR count). The van der Waals surface area contributed by atoms with Gasteiger partial charge in [-0.05, 0) is 38.5 Å². The molecule has 2 atom stereocenters. The molecule has 0 spiro atoms. The lowest BCUT2D eigenvalue weighted by atomic mass is 9.98. The summed E-state index contributed by atoms with van der Waals surface area (Å²) in [5.41, 5.74) is 7.59. The zero-order chi connectivity index (χ0) is 14.7. The van der Waals surface area contributed by atoms with Crippen LogP contribution in [0.4, 0.5) is 0 Å². The summed E-state index contributed by atoms with van der Waals surface area (Å²) in [4.78, 5) is 5.07. The Morgan fingerprint density at radius 1 is 0.950 bits per heavy atom. The number of halogens is 1. The second-order valence-electron chi connectivity index (χ2n) is 6.02. The van der Waals surface area contributed by atoms with Crippen LogP contribution in [0, 0.1) is 0 Å². The Morgan fingerprint density at radius 2 is 1.45 bits per heavy atom. The van der Waals surface area contributed by atoms with Crippen LogP contribution in [-0.4, -0.2) is 48.1 Å². The quantitative estimate of drug-likeness (QED) is 0.915. The van der Waals surface area contributed by atoms with Crippen LogP contribution in [0.3, 0.4) is 0 Å². The molecule has 0 aliphatic carbocycles. The molecule has 1 aromatic rings. The summed E-state index contributed by atoms with van der Waals surface area (Å²) < 4.78 is 1.12. The lowest BCUT2D eigenvalue weighted by molar-refractivity contribution is 0.0705. The summed E-state index contributed by atoms with van der Waals surface area (Å²) in [6.45, 7) is 11.1. The summed E-state index contributed by atoms with van der Waals surface area (Å²) in [6.07, 6.45) is 0. The first kappa shape index (κ1) is 16.0. The van der Waals surface area contributed by atoms with Crippen molar-refractivity contribution in [2.24, 2.45) is 5.73 Å². The van der Waals surface area contributed by atoms with Gasteiger partial charge in [0, 0.05) is 48.8 Å². The van der Waals surface area contributed by atoms with Gasteiger partial charge in [0.2, 0.25) is 0 Å². The minimum atomic E-state index is 0.141. The van der Waals surface area contributed by atoms with Crippen molar-refractivity contribution in [2.45, 2.75) is 38.9 Å². The van der Waals surface area contributed by atoms with Crippen LogP contribution < -0.4 is 5.73 Å². The van der Waals surface area contributed by atoms with Gasteiger partial charge < -0.3 is 5.73 Å². The zero-order valence-electron chi connectivity index (χ0n) is 12.7. The van der Waals surface area contributed by atoms with Crippen molar-refractivity contribution in [2.75, 3.05) is 26.2 Å². The van der Waals surface area contributed by atoms with E-state index in [9.17, 15) is 0 Å². The molecule has 20 heavy (non-hydrogen) atoms. The number of nitrogens with two attached hydrogens (primary N) is 1. The van der Waals surface area contributed by atoms with Gasteiger partial charge in [-0.1, -0.05) is 28.1 Å². The second-order valence-corrected chi connectivity index (χ2v) is 6.94. The maximum atomic E-state index is 6.27. The maximum Gasteiger partial charge on any atom is 0.0497 e. The van der Waals surface area contributed by atoms with Crippen molar-refractivity contribution in [3.63, 3.8) is 0 Å². The van der Waals surface area contributed by atoms with E-state index in [1.807, 2.05) is 0 Å². The molecular formula is C16H26BrN3. The highest BCUT2D eigenvalue weighted by molar-refractivity contribution is 9.10. The molecule has 1 heterocycles. The number of nitrogens with zero attached hydrogens (tertiary/aromatic N) is 2. The third kappa shape index (κ3) is 3.82. The minimum Gasteiger partial charge on any atom is -0.326 e. The maximum absolute atomic E-state index is 6.27. The second kappa shape index (κ2) is 7.03. The predicted octanol–water partition coefficient (Wildman–Crippen LogP) is 2.86. The summed E-state index contributed by atoms with van der Waals surface area (Å²) in [5.74, 6) is 0. The SMILES string of the molecule is CC(N)C(c1ccc(Br)cc1)N1CCN(C(C)C)CC1. The summed E-state index contributed by atoms with van der Waals surface area (Å²) >= 11 is 3.50. The highest BCUT2D eigenvalue weighted by Gasteiger charge is 2.28. The van der Waals surface area contributed by atoms with E-state index < -0.39 is 0 Å². The number of hydrogen-bond donors (Lipinski definition) is 1. The van der Waals surface area contributed by atoms with Gasteiger partial charge in [-0.15, -0.1) is 0 Å². The first-order chi connectivity index (χ1) is 9.49. The van der Waals surface area contributed by atoms with Crippen LogP contribution in [-0.2, 0) is 0 Å². The van der Waals surface area contributed by atoms with Crippen LogP contribution in [0.25, 0.3) is 0 Å². The molecule has 1 aliphatic heterocycles. The lowest BCUT2D eigenvalue weighted by Gasteiger charge is -2.42. The van der Waals surface area contributed by atoms with Crippen LogP contribution in [0.1, 0.15) is 32.4 Å². The van der Waals surface area contributed by atoms with Gasteiger partial charge in [0.1, 0.15) is 0 Å². The van der Waals surface area contributed by atoms with Crippen molar-refractivity contribution < 1.29 is 0 Å². The molecule has 3 nitrogen and oxygen atoms in total. The van der Waals surface area contributed by atoms with E-state index in [0.29, 0.717) is 12.1 Å². The number of piperazine rings is 1. The molecule has 0 radical (unpaired) electrons. The predicted molar refractivity (Wildman–Crippen MR) is 88.8 cm³/mol. The lowest BCUT2D eigenvalue weighted by Crippen LogP contribution is -2.52. The van der Waals surface area contributed by atoms with Gasteiger partial charge in [-0.3, -0.25) is 9.80 Å². The fourth-order valence-electron chi connectivity index (χ4n) is 3.04. The Hall–Kier alpha value is -0.420. The first-order valence-corrected chi connectivity index (χ1v) is 8.27. The van der Waals surface area contributed by atoms with Gasteiger partial charge in [-0.2, -0.15) is 0 Å². The van der Waals surface area contributed by atoms with Gasteiger partial charge in [0.05, 0.1) is 0 Å². The molecule has 0 saturated carbocycles. The molecule has 0 bridgehead atoms. The van der Waals surface area contributed by atoms with Crippen molar-refractivity contribution in [3.05, 3.63) is 34.3 Å². The Kier molecular flexibility index (Phi) is 5.61. The highest BCUT2D eigenvalue weighted by atomic mass is 79.9. The van der Waals surface area contributed by atoms with Gasteiger partial charge >= 0.3 is 0 Å². The van der Waals surface area contributed by atoms with Crippen molar-refractivity contribution in [3.8, 4) is 0 Å². The zero-order valence-corrected chi connectivity index (χ0v) is 14.3. The number of benzene rings is 1. The van der Waals surface area contributed by atoms with Crippen molar-refractivity contribution >= 4 is 15.9 Å². The molecule has 0 amide bonds.